The Morgan fingerprint density at radius 3 is 0.287 bits per heavy atom. The summed E-state index contributed by atoms with van der Waals surface area (Å²) in [6.45, 7) is 51.2. The molecule has 0 saturated heterocycles. The molecule has 9 aromatic carbocycles. The lowest BCUT2D eigenvalue weighted by Crippen LogP contribution is -2.36. The van der Waals surface area contributed by atoms with Gasteiger partial charge in [-0.1, -0.05) is 343 Å². The van der Waals surface area contributed by atoms with Crippen molar-refractivity contribution < 1.29 is 18.9 Å². The molecular weight excluding hydrogens is 1140 g/mol. The first-order valence-electron chi connectivity index (χ1n) is 34.7. The van der Waals surface area contributed by atoms with E-state index < -0.39 is 22.4 Å². The topological polar surface area (TPSA) is 36.9 Å². The van der Waals surface area contributed by atoms with Gasteiger partial charge in [0.1, 0.15) is 22.4 Å². The molecule has 9 aromatic rings. The van der Waals surface area contributed by atoms with Gasteiger partial charge in [-0.15, -0.1) is 0 Å². The van der Waals surface area contributed by atoms with Crippen LogP contribution >= 0.6 is 0 Å². The van der Waals surface area contributed by atoms with E-state index in [1.165, 1.54) is 33.4 Å². The molecule has 0 aromatic heterocycles. The summed E-state index contributed by atoms with van der Waals surface area (Å²) >= 11 is 0. The van der Waals surface area contributed by atoms with Crippen LogP contribution in [0.3, 0.4) is 0 Å². The van der Waals surface area contributed by atoms with E-state index in [0.717, 1.165) is 66.8 Å². The third-order valence-corrected chi connectivity index (χ3v) is 19.5. The molecule has 494 valence electrons. The van der Waals surface area contributed by atoms with E-state index in [1.54, 1.807) is 0 Å². The molecule has 0 saturated carbocycles. The third-order valence-electron chi connectivity index (χ3n) is 19.5. The van der Waals surface area contributed by atoms with Crippen molar-refractivity contribution in [1.82, 2.24) is 0 Å². The second-order valence-corrected chi connectivity index (χ2v) is 32.2. The predicted molar refractivity (Wildman–Crippen MR) is 396 cm³/mol. The Balaban J connectivity index is 1.32. The van der Waals surface area contributed by atoms with Crippen molar-refractivity contribution in [3.05, 3.63) is 319 Å². The number of hydrogen-bond acceptors (Lipinski definition) is 4. The van der Waals surface area contributed by atoms with E-state index >= 15 is 0 Å². The zero-order valence-corrected chi connectivity index (χ0v) is 61.2. The van der Waals surface area contributed by atoms with Crippen LogP contribution in [0, 0.1) is 0 Å². The summed E-state index contributed by atoms with van der Waals surface area (Å²) in [5.41, 5.74) is 15.9. The summed E-state index contributed by atoms with van der Waals surface area (Å²) in [4.78, 5) is 0. The van der Waals surface area contributed by atoms with Gasteiger partial charge in [-0.3, -0.25) is 0 Å². The third kappa shape index (κ3) is 13.9. The fraction of sp³-hybridized carbons (Fsp3) is 0.400. The van der Waals surface area contributed by atoms with Gasteiger partial charge in [0.2, 0.25) is 0 Å². The van der Waals surface area contributed by atoms with Crippen LogP contribution in [-0.4, -0.2) is 26.4 Å². The van der Waals surface area contributed by atoms with Crippen molar-refractivity contribution in [2.24, 2.45) is 0 Å². The molecule has 0 aliphatic rings. The highest BCUT2D eigenvalue weighted by Crippen LogP contribution is 2.50. The summed E-state index contributed by atoms with van der Waals surface area (Å²) in [6.07, 6.45) is 0. The van der Waals surface area contributed by atoms with E-state index in [2.05, 4.69) is 371 Å². The van der Waals surface area contributed by atoms with Gasteiger partial charge in [0.05, 0.1) is 0 Å². The first kappa shape index (κ1) is 71.1. The molecule has 0 aliphatic carbocycles. The van der Waals surface area contributed by atoms with Crippen molar-refractivity contribution in [2.75, 3.05) is 26.4 Å². The van der Waals surface area contributed by atoms with Gasteiger partial charge in [-0.25, -0.2) is 0 Å². The van der Waals surface area contributed by atoms with Crippen molar-refractivity contribution >= 4 is 0 Å². The molecule has 0 spiro atoms. The maximum Gasteiger partial charge on any atom is 0.143 e. The standard InChI is InChI=1S/C90H110O4/c1-23-91-87(69-39-27-63(28-40-69)81(5,6)7,70-41-29-64(30-42-70)82(8,9)10)75-51-57-78(58-52-75)90(94-26-4,79-59-53-76(54-60-79)88(92-24-2,71-43-31-65(32-44-71)83(11,12)13)72-45-33-66(34-46-72)84(14,15)16)80-61-55-77(56-62-80)89(93-25-3,73-47-35-67(36-48-73)85(17,18)19)74-49-37-68(38-50-74)86(20,21)22/h27-62H,23-26H2,1-22H3. The molecule has 0 radical (unpaired) electrons. The summed E-state index contributed by atoms with van der Waals surface area (Å²) in [6, 6.07) is 82.0. The SMILES string of the molecule is CCOC(c1ccc(C(C)(C)C)cc1)(c1ccc(C(C)(C)C)cc1)c1ccc(C(OCC)(c2ccc(C(OCC)(c3ccc(C(C)(C)C)cc3)c3ccc(C(C)(C)C)cc3)cc2)c2ccc(C(OCC)(c3ccc(C(C)(C)C)cc3)c3ccc(C(C)(C)C)cc3)cc2)cc1. The molecule has 0 N–H and O–H groups in total. The molecule has 4 heteroatoms. The highest BCUT2D eigenvalue weighted by atomic mass is 16.5. The molecule has 0 atom stereocenters. The molecule has 4 nitrogen and oxygen atoms in total. The zero-order chi connectivity index (χ0) is 68.5. The molecule has 0 heterocycles. The van der Waals surface area contributed by atoms with E-state index in [4.69, 9.17) is 18.9 Å². The fourth-order valence-electron chi connectivity index (χ4n) is 13.9. The highest BCUT2D eigenvalue weighted by Gasteiger charge is 2.45. The molecule has 0 unspecified atom stereocenters. The van der Waals surface area contributed by atoms with Crippen molar-refractivity contribution in [3.63, 3.8) is 0 Å². The van der Waals surface area contributed by atoms with Crippen LogP contribution in [0.4, 0.5) is 0 Å². The quantitative estimate of drug-likeness (QED) is 0.0713. The van der Waals surface area contributed by atoms with Crippen molar-refractivity contribution in [1.29, 1.82) is 0 Å². The Labute approximate surface area is 567 Å². The van der Waals surface area contributed by atoms with Crippen LogP contribution in [0.1, 0.15) is 252 Å². The van der Waals surface area contributed by atoms with Crippen molar-refractivity contribution in [2.45, 2.75) is 207 Å². The molecule has 0 bridgehead atoms. The zero-order valence-electron chi connectivity index (χ0n) is 61.2. The average Bonchev–Trinajstić information content (AvgIpc) is 0.742. The molecule has 0 aliphatic heterocycles. The van der Waals surface area contributed by atoms with Gasteiger partial charge >= 0.3 is 0 Å². The summed E-state index contributed by atoms with van der Waals surface area (Å²) in [5, 5.41) is 0. The number of rotatable bonds is 20. The van der Waals surface area contributed by atoms with Crippen molar-refractivity contribution in [3.8, 4) is 0 Å². The van der Waals surface area contributed by atoms with E-state index in [-0.39, 0.29) is 32.5 Å². The lowest BCUT2D eigenvalue weighted by atomic mass is 9.73. The summed E-state index contributed by atoms with van der Waals surface area (Å²) < 4.78 is 29.5. The second kappa shape index (κ2) is 27.1. The van der Waals surface area contributed by atoms with Crippen LogP contribution in [0.15, 0.2) is 218 Å². The summed E-state index contributed by atoms with van der Waals surface area (Å²) in [5.74, 6) is 0. The monoisotopic (exact) mass is 1250 g/mol. The summed E-state index contributed by atoms with van der Waals surface area (Å²) in [7, 11) is 0. The Bertz CT molecular complexity index is 3320. The Hall–Kier alpha value is -7.18. The van der Waals surface area contributed by atoms with Crippen LogP contribution < -0.4 is 0 Å². The maximum atomic E-state index is 7.59. The van der Waals surface area contributed by atoms with E-state index in [9.17, 15) is 0 Å². The van der Waals surface area contributed by atoms with E-state index in [0.29, 0.717) is 26.4 Å². The van der Waals surface area contributed by atoms with Gasteiger partial charge in [0.15, 0.2) is 0 Å². The minimum Gasteiger partial charge on any atom is -0.361 e. The highest BCUT2D eigenvalue weighted by molar-refractivity contribution is 5.58. The number of hydrogen-bond donors (Lipinski definition) is 0. The molecule has 9 rings (SSSR count). The largest absolute Gasteiger partial charge is 0.361 e. The van der Waals surface area contributed by atoms with Crippen LogP contribution in [0.5, 0.6) is 0 Å². The minimum atomic E-state index is -1.13. The minimum absolute atomic E-state index is 0.0261. The first-order valence-corrected chi connectivity index (χ1v) is 34.7. The van der Waals surface area contributed by atoms with Crippen LogP contribution in [0.2, 0.25) is 0 Å². The van der Waals surface area contributed by atoms with Gasteiger partial charge in [-0.2, -0.15) is 0 Å². The van der Waals surface area contributed by atoms with Gasteiger partial charge < -0.3 is 18.9 Å². The molecule has 0 amide bonds. The second-order valence-electron chi connectivity index (χ2n) is 32.2. The Kier molecular flexibility index (Phi) is 20.5. The Morgan fingerprint density at radius 2 is 0.223 bits per heavy atom. The smallest absolute Gasteiger partial charge is 0.143 e. The molecular formula is C90H110O4. The molecule has 0 fully saturated rings. The number of ether oxygens (including phenoxy) is 4. The predicted octanol–water partition coefficient (Wildman–Crippen LogP) is 22.8. The van der Waals surface area contributed by atoms with Gasteiger partial charge in [-0.05, 0) is 160 Å². The lowest BCUT2D eigenvalue weighted by Gasteiger charge is -2.40. The average molecular weight is 1260 g/mol. The fourth-order valence-corrected chi connectivity index (χ4v) is 13.9. The van der Waals surface area contributed by atoms with Gasteiger partial charge in [0.25, 0.3) is 0 Å². The normalized spacial score (nSPS) is 13.3. The molecule has 94 heavy (non-hydrogen) atoms. The first-order chi connectivity index (χ1) is 44.1. The van der Waals surface area contributed by atoms with Gasteiger partial charge in [0, 0.05) is 26.4 Å². The van der Waals surface area contributed by atoms with E-state index in [1.807, 2.05) is 0 Å². The number of benzene rings is 9. The van der Waals surface area contributed by atoms with Crippen LogP contribution in [-0.2, 0) is 73.8 Å². The lowest BCUT2D eigenvalue weighted by molar-refractivity contribution is 0.0171. The maximum absolute atomic E-state index is 7.59. The Morgan fingerprint density at radius 1 is 0.149 bits per heavy atom. The van der Waals surface area contributed by atoms with Crippen LogP contribution in [0.25, 0.3) is 0 Å².